The van der Waals surface area contributed by atoms with E-state index in [2.05, 4.69) is 38.5 Å². The number of carbonyl (C=O) groups excluding carboxylic acids is 1. The number of carbonyl (C=O) groups is 1. The van der Waals surface area contributed by atoms with Crippen LogP contribution in [0.3, 0.4) is 0 Å². The normalized spacial score (nSPS) is 20.0. The van der Waals surface area contributed by atoms with Crippen LogP contribution in [0.2, 0.25) is 5.02 Å². The predicted molar refractivity (Wildman–Crippen MR) is 117 cm³/mol. The number of aromatic amines is 1. The molecule has 1 aliphatic rings. The first-order chi connectivity index (χ1) is 14.0. The first-order valence-corrected chi connectivity index (χ1v) is 10.4. The van der Waals surface area contributed by atoms with Crippen LogP contribution in [0.15, 0.2) is 42.7 Å². The van der Waals surface area contributed by atoms with Gasteiger partial charge >= 0.3 is 0 Å². The maximum atomic E-state index is 12.4. The van der Waals surface area contributed by atoms with Crippen LogP contribution < -0.4 is 10.6 Å². The van der Waals surface area contributed by atoms with Crippen LogP contribution >= 0.6 is 11.6 Å². The molecule has 1 fully saturated rings. The Balaban J connectivity index is 1.49. The SMILES string of the molecule is CNC(=O)c1cnc2[nH]ccc2c1N[C@@H]1CCN(Cc2cccc(Cl)c2)[C@@H](C)C1. The lowest BCUT2D eigenvalue weighted by molar-refractivity contribution is 0.0963. The van der Waals surface area contributed by atoms with E-state index < -0.39 is 0 Å². The van der Waals surface area contributed by atoms with Crippen LogP contribution in [0.5, 0.6) is 0 Å². The van der Waals surface area contributed by atoms with Crippen LogP contribution in [-0.4, -0.2) is 46.5 Å². The molecule has 4 rings (SSSR count). The second kappa shape index (κ2) is 8.43. The van der Waals surface area contributed by atoms with E-state index in [9.17, 15) is 4.79 Å². The summed E-state index contributed by atoms with van der Waals surface area (Å²) in [6.45, 7) is 4.15. The Hall–Kier alpha value is -2.57. The van der Waals surface area contributed by atoms with Crippen molar-refractivity contribution in [3.05, 3.63) is 58.9 Å². The van der Waals surface area contributed by atoms with Crippen LogP contribution in [0.1, 0.15) is 35.7 Å². The minimum Gasteiger partial charge on any atom is -0.381 e. The van der Waals surface area contributed by atoms with Gasteiger partial charge in [0.05, 0.1) is 11.3 Å². The number of nitrogens with zero attached hydrogens (tertiary/aromatic N) is 2. The van der Waals surface area contributed by atoms with Gasteiger partial charge in [-0.3, -0.25) is 9.69 Å². The quantitative estimate of drug-likeness (QED) is 0.592. The molecule has 2 atom stereocenters. The summed E-state index contributed by atoms with van der Waals surface area (Å²) in [5.41, 5.74) is 3.46. The number of fused-ring (bicyclic) bond motifs is 1. The number of aromatic nitrogens is 2. The van der Waals surface area contributed by atoms with Crippen molar-refractivity contribution in [2.24, 2.45) is 0 Å². The van der Waals surface area contributed by atoms with Gasteiger partial charge in [0.15, 0.2) is 0 Å². The summed E-state index contributed by atoms with van der Waals surface area (Å²) in [6, 6.07) is 10.8. The number of nitrogens with one attached hydrogen (secondary N) is 3. The highest BCUT2D eigenvalue weighted by Crippen LogP contribution is 2.29. The zero-order valence-electron chi connectivity index (χ0n) is 16.7. The topological polar surface area (TPSA) is 73.0 Å². The van der Waals surface area contributed by atoms with Crippen molar-refractivity contribution in [2.75, 3.05) is 18.9 Å². The molecule has 0 bridgehead atoms. The van der Waals surface area contributed by atoms with Crippen molar-refractivity contribution in [1.82, 2.24) is 20.2 Å². The summed E-state index contributed by atoms with van der Waals surface area (Å²) in [7, 11) is 1.64. The van der Waals surface area contributed by atoms with Gasteiger partial charge in [0.1, 0.15) is 5.65 Å². The maximum Gasteiger partial charge on any atom is 0.254 e. The fourth-order valence-electron chi connectivity index (χ4n) is 4.13. The van der Waals surface area contributed by atoms with Crippen LogP contribution in [0.4, 0.5) is 5.69 Å². The molecule has 152 valence electrons. The zero-order valence-corrected chi connectivity index (χ0v) is 17.5. The van der Waals surface area contributed by atoms with Crippen molar-refractivity contribution in [2.45, 2.75) is 38.4 Å². The standard InChI is InChI=1S/C22H26ClN5O/c1-14-10-17(7-9-28(14)13-15-4-3-5-16(23)11-15)27-20-18-6-8-25-21(18)26-12-19(20)22(29)24-2/h3-6,8,11-12,14,17H,7,9-10,13H2,1-2H3,(H,24,29)(H2,25,26,27)/t14-,17+/m0/s1. The summed E-state index contributed by atoms with van der Waals surface area (Å²) in [6.07, 6.45) is 5.50. The lowest BCUT2D eigenvalue weighted by atomic mass is 9.96. The number of halogens is 1. The van der Waals surface area contributed by atoms with Gasteiger partial charge in [0.2, 0.25) is 0 Å². The fourth-order valence-corrected chi connectivity index (χ4v) is 4.34. The average molecular weight is 412 g/mol. The number of anilines is 1. The molecule has 0 unspecified atom stereocenters. The van der Waals surface area contributed by atoms with Crippen LogP contribution in [0, 0.1) is 0 Å². The summed E-state index contributed by atoms with van der Waals surface area (Å²) >= 11 is 6.13. The molecule has 0 saturated carbocycles. The van der Waals surface area contributed by atoms with Gasteiger partial charge in [-0.05, 0) is 43.5 Å². The first-order valence-electron chi connectivity index (χ1n) is 9.98. The van der Waals surface area contributed by atoms with Crippen molar-refractivity contribution in [1.29, 1.82) is 0 Å². The van der Waals surface area contributed by atoms with Gasteiger partial charge in [-0.2, -0.15) is 0 Å². The number of amides is 1. The van der Waals surface area contributed by atoms with Crippen molar-refractivity contribution in [3.63, 3.8) is 0 Å². The molecule has 6 nitrogen and oxygen atoms in total. The number of likely N-dealkylation sites (tertiary alicyclic amines) is 1. The van der Waals surface area contributed by atoms with E-state index in [1.807, 2.05) is 30.5 Å². The Labute approximate surface area is 175 Å². The highest BCUT2D eigenvalue weighted by atomic mass is 35.5. The third-order valence-electron chi connectivity index (χ3n) is 5.70. The van der Waals surface area contributed by atoms with E-state index >= 15 is 0 Å². The molecule has 0 spiro atoms. The number of piperidine rings is 1. The molecular formula is C22H26ClN5O. The Kier molecular flexibility index (Phi) is 5.74. The van der Waals surface area contributed by atoms with Gasteiger partial charge in [0, 0.05) is 55.0 Å². The third-order valence-corrected chi connectivity index (χ3v) is 5.93. The second-order valence-electron chi connectivity index (χ2n) is 7.68. The van der Waals surface area contributed by atoms with E-state index in [1.54, 1.807) is 13.2 Å². The molecule has 29 heavy (non-hydrogen) atoms. The molecule has 1 aliphatic heterocycles. The molecular weight excluding hydrogens is 386 g/mol. The number of hydrogen-bond acceptors (Lipinski definition) is 4. The molecule has 1 saturated heterocycles. The van der Waals surface area contributed by atoms with E-state index in [0.717, 1.165) is 47.7 Å². The molecule has 3 aromatic rings. The van der Waals surface area contributed by atoms with E-state index in [4.69, 9.17) is 11.6 Å². The largest absolute Gasteiger partial charge is 0.381 e. The minimum absolute atomic E-state index is 0.130. The van der Waals surface area contributed by atoms with E-state index in [0.29, 0.717) is 17.6 Å². The Morgan fingerprint density at radius 2 is 2.24 bits per heavy atom. The average Bonchev–Trinajstić information content (AvgIpc) is 3.19. The highest BCUT2D eigenvalue weighted by molar-refractivity contribution is 6.30. The molecule has 3 N–H and O–H groups in total. The predicted octanol–water partition coefficient (Wildman–Crippen LogP) is 4.04. The van der Waals surface area contributed by atoms with Crippen molar-refractivity contribution in [3.8, 4) is 0 Å². The summed E-state index contributed by atoms with van der Waals surface area (Å²) < 4.78 is 0. The van der Waals surface area contributed by atoms with Gasteiger partial charge < -0.3 is 15.6 Å². The molecule has 2 aromatic heterocycles. The molecule has 1 aromatic carbocycles. The number of pyridine rings is 1. The molecule has 0 radical (unpaired) electrons. The number of hydrogen-bond donors (Lipinski definition) is 3. The van der Waals surface area contributed by atoms with Gasteiger partial charge in [-0.25, -0.2) is 4.98 Å². The number of benzene rings is 1. The number of rotatable bonds is 5. The summed E-state index contributed by atoms with van der Waals surface area (Å²) in [5, 5.41) is 8.09. The zero-order chi connectivity index (χ0) is 20.4. The lowest BCUT2D eigenvalue weighted by Gasteiger charge is -2.38. The minimum atomic E-state index is -0.130. The Bertz CT molecular complexity index is 1020. The van der Waals surface area contributed by atoms with E-state index in [1.165, 1.54) is 5.56 Å². The monoisotopic (exact) mass is 411 g/mol. The first kappa shape index (κ1) is 19.7. The lowest BCUT2D eigenvalue weighted by Crippen LogP contribution is -2.44. The molecule has 3 heterocycles. The highest BCUT2D eigenvalue weighted by Gasteiger charge is 2.27. The Morgan fingerprint density at radius 1 is 1.38 bits per heavy atom. The van der Waals surface area contributed by atoms with Gasteiger partial charge in [-0.15, -0.1) is 0 Å². The van der Waals surface area contributed by atoms with Crippen molar-refractivity contribution < 1.29 is 4.79 Å². The number of H-pyrrole nitrogens is 1. The summed E-state index contributed by atoms with van der Waals surface area (Å²) in [4.78, 5) is 22.4. The van der Waals surface area contributed by atoms with Gasteiger partial charge in [-0.1, -0.05) is 23.7 Å². The Morgan fingerprint density at radius 3 is 3.00 bits per heavy atom. The smallest absolute Gasteiger partial charge is 0.254 e. The fraction of sp³-hybridized carbons (Fsp3) is 0.364. The van der Waals surface area contributed by atoms with Crippen LogP contribution in [0.25, 0.3) is 11.0 Å². The van der Waals surface area contributed by atoms with Crippen LogP contribution in [-0.2, 0) is 6.54 Å². The molecule has 1 amide bonds. The van der Waals surface area contributed by atoms with Crippen molar-refractivity contribution >= 4 is 34.2 Å². The summed E-state index contributed by atoms with van der Waals surface area (Å²) in [5.74, 6) is -0.130. The van der Waals surface area contributed by atoms with Gasteiger partial charge in [0.25, 0.3) is 5.91 Å². The van der Waals surface area contributed by atoms with E-state index in [-0.39, 0.29) is 5.91 Å². The second-order valence-corrected chi connectivity index (χ2v) is 8.12. The third kappa shape index (κ3) is 4.23. The molecule has 0 aliphatic carbocycles. The molecule has 7 heteroatoms. The maximum absolute atomic E-state index is 12.4.